The Hall–Kier alpha value is -1.45. The van der Waals surface area contributed by atoms with Crippen molar-refractivity contribution in [1.82, 2.24) is 0 Å². The normalized spacial score (nSPS) is 12.6. The lowest BCUT2D eigenvalue weighted by Gasteiger charge is -2.17. The molecular formula is C22H36O3. The van der Waals surface area contributed by atoms with E-state index >= 15 is 0 Å². The van der Waals surface area contributed by atoms with Crippen LogP contribution >= 0.6 is 0 Å². The van der Waals surface area contributed by atoms with Crippen LogP contribution in [0.2, 0.25) is 0 Å². The van der Waals surface area contributed by atoms with Gasteiger partial charge in [-0.2, -0.15) is 0 Å². The molecule has 0 aromatic carbocycles. The highest BCUT2D eigenvalue weighted by molar-refractivity contribution is 5.49. The molecule has 0 unspecified atom stereocenters. The molecule has 0 aliphatic rings. The third-order valence-corrected chi connectivity index (χ3v) is 3.38. The summed E-state index contributed by atoms with van der Waals surface area (Å²) >= 11 is 0. The van der Waals surface area contributed by atoms with Crippen molar-refractivity contribution in [2.45, 2.75) is 71.5 Å². The van der Waals surface area contributed by atoms with E-state index in [1.165, 1.54) is 0 Å². The summed E-state index contributed by atoms with van der Waals surface area (Å²) < 4.78 is 11.5. The van der Waals surface area contributed by atoms with E-state index in [9.17, 15) is 4.79 Å². The molecule has 0 rings (SSSR count). The molecule has 0 aromatic heterocycles. The average molecular weight is 349 g/mol. The zero-order valence-corrected chi connectivity index (χ0v) is 16.1. The summed E-state index contributed by atoms with van der Waals surface area (Å²) in [4.78, 5) is 10.6. The minimum Gasteiger partial charge on any atom is -0.352 e. The number of carbonyl (C=O) groups is 1. The summed E-state index contributed by atoms with van der Waals surface area (Å²) in [6.45, 7) is 5.50. The molecule has 0 amide bonds. The quantitative estimate of drug-likeness (QED) is 0.141. The van der Waals surface area contributed by atoms with Gasteiger partial charge in [-0.15, -0.1) is 0 Å². The lowest BCUT2D eigenvalue weighted by atomic mass is 10.3. The monoisotopic (exact) mass is 348 g/mol. The van der Waals surface area contributed by atoms with Crippen molar-refractivity contribution >= 4 is 6.29 Å². The van der Waals surface area contributed by atoms with Crippen LogP contribution in [0.5, 0.6) is 0 Å². The van der Waals surface area contributed by atoms with Crippen LogP contribution in [0.1, 0.15) is 65.2 Å². The first-order chi connectivity index (χ1) is 12.3. The van der Waals surface area contributed by atoms with Crippen molar-refractivity contribution in [1.29, 1.82) is 0 Å². The second kappa shape index (κ2) is 20.6. The fourth-order valence-corrected chi connectivity index (χ4v) is 2.07. The molecule has 0 aliphatic carbocycles. The smallest absolute Gasteiger partial charge is 0.158 e. The molecule has 0 aromatic rings. The van der Waals surface area contributed by atoms with E-state index in [0.29, 0.717) is 26.1 Å². The van der Waals surface area contributed by atoms with E-state index in [-0.39, 0.29) is 6.29 Å². The van der Waals surface area contributed by atoms with Crippen molar-refractivity contribution in [2.24, 2.45) is 0 Å². The van der Waals surface area contributed by atoms with Crippen LogP contribution in [0.15, 0.2) is 48.6 Å². The molecule has 0 bridgehead atoms. The fraction of sp³-hybridized carbons (Fsp3) is 0.591. The number of hydrogen-bond donors (Lipinski definition) is 0. The van der Waals surface area contributed by atoms with Crippen LogP contribution in [-0.4, -0.2) is 25.8 Å². The topological polar surface area (TPSA) is 35.5 Å². The van der Waals surface area contributed by atoms with Gasteiger partial charge < -0.3 is 14.3 Å². The van der Waals surface area contributed by atoms with Crippen LogP contribution in [-0.2, 0) is 14.3 Å². The van der Waals surface area contributed by atoms with Gasteiger partial charge >= 0.3 is 0 Å². The zero-order valence-electron chi connectivity index (χ0n) is 16.1. The van der Waals surface area contributed by atoms with Gasteiger partial charge in [0.05, 0.1) is 13.2 Å². The molecule has 0 aliphatic heterocycles. The molecule has 142 valence electrons. The van der Waals surface area contributed by atoms with Crippen LogP contribution in [0, 0.1) is 0 Å². The summed E-state index contributed by atoms with van der Waals surface area (Å²) in [5, 5.41) is 0. The highest BCUT2D eigenvalue weighted by Crippen LogP contribution is 2.06. The van der Waals surface area contributed by atoms with E-state index in [4.69, 9.17) is 9.47 Å². The number of hydrogen-bond acceptors (Lipinski definition) is 3. The van der Waals surface area contributed by atoms with Crippen molar-refractivity contribution in [2.75, 3.05) is 13.2 Å². The Kier molecular flexibility index (Phi) is 19.4. The third kappa shape index (κ3) is 18.7. The summed E-state index contributed by atoms with van der Waals surface area (Å²) in [5.74, 6) is 0. The van der Waals surface area contributed by atoms with Gasteiger partial charge in [-0.1, -0.05) is 62.5 Å². The van der Waals surface area contributed by atoms with Crippen molar-refractivity contribution < 1.29 is 14.3 Å². The second-order valence-electron chi connectivity index (χ2n) is 5.67. The van der Waals surface area contributed by atoms with Gasteiger partial charge in [-0.05, 0) is 38.5 Å². The molecule has 3 heteroatoms. The highest BCUT2D eigenvalue weighted by atomic mass is 16.7. The minimum absolute atomic E-state index is 0.285. The molecule has 25 heavy (non-hydrogen) atoms. The third-order valence-electron chi connectivity index (χ3n) is 3.38. The Morgan fingerprint density at radius 3 is 1.60 bits per heavy atom. The number of carbonyl (C=O) groups excluding carboxylic acids is 1. The molecule has 0 spiro atoms. The summed E-state index contributed by atoms with van der Waals surface area (Å²) in [6.07, 6.45) is 24.8. The van der Waals surface area contributed by atoms with E-state index in [2.05, 4.69) is 62.5 Å². The molecule has 0 radical (unpaired) electrons. The first-order valence-electron chi connectivity index (χ1n) is 9.61. The number of allylic oxidation sites excluding steroid dienone is 6. The Labute approximate surface area is 154 Å². The summed E-state index contributed by atoms with van der Waals surface area (Å²) in [7, 11) is 0. The van der Waals surface area contributed by atoms with Crippen molar-refractivity contribution in [3.8, 4) is 0 Å². The van der Waals surface area contributed by atoms with Crippen LogP contribution in [0.25, 0.3) is 0 Å². The molecule has 0 heterocycles. The van der Waals surface area contributed by atoms with Crippen LogP contribution in [0.4, 0.5) is 0 Å². The Bertz CT molecular complexity index is 362. The lowest BCUT2D eigenvalue weighted by Crippen LogP contribution is -2.18. The predicted molar refractivity (Wildman–Crippen MR) is 107 cm³/mol. The molecule has 0 atom stereocenters. The first kappa shape index (κ1) is 23.5. The van der Waals surface area contributed by atoms with Gasteiger partial charge in [0, 0.05) is 12.8 Å². The SMILES string of the molecule is CC/C=C/C/C=C/CCOC(CCC=O)OCC/C=C/C/C=C/CC. The minimum atomic E-state index is -0.285. The summed E-state index contributed by atoms with van der Waals surface area (Å²) in [5.41, 5.74) is 0. The molecule has 3 nitrogen and oxygen atoms in total. The van der Waals surface area contributed by atoms with E-state index in [1.807, 2.05) is 0 Å². The van der Waals surface area contributed by atoms with Crippen LogP contribution < -0.4 is 0 Å². The van der Waals surface area contributed by atoms with Gasteiger partial charge in [-0.25, -0.2) is 0 Å². The molecule has 0 N–H and O–H groups in total. The lowest BCUT2D eigenvalue weighted by molar-refractivity contribution is -0.146. The van der Waals surface area contributed by atoms with Gasteiger partial charge in [0.2, 0.25) is 0 Å². The van der Waals surface area contributed by atoms with Gasteiger partial charge in [0.25, 0.3) is 0 Å². The van der Waals surface area contributed by atoms with E-state index < -0.39 is 0 Å². The van der Waals surface area contributed by atoms with Gasteiger partial charge in [0.15, 0.2) is 6.29 Å². The Balaban J connectivity index is 3.86. The zero-order chi connectivity index (χ0) is 18.4. The Morgan fingerprint density at radius 1 is 0.680 bits per heavy atom. The van der Waals surface area contributed by atoms with Crippen LogP contribution in [0.3, 0.4) is 0 Å². The maximum absolute atomic E-state index is 10.6. The van der Waals surface area contributed by atoms with Gasteiger partial charge in [0.1, 0.15) is 6.29 Å². The number of ether oxygens (including phenoxy) is 2. The van der Waals surface area contributed by atoms with Crippen molar-refractivity contribution in [3.63, 3.8) is 0 Å². The maximum Gasteiger partial charge on any atom is 0.158 e. The molecule has 0 saturated carbocycles. The van der Waals surface area contributed by atoms with E-state index in [1.54, 1.807) is 0 Å². The maximum atomic E-state index is 10.6. The first-order valence-corrected chi connectivity index (χ1v) is 9.61. The molecular weight excluding hydrogens is 312 g/mol. The number of aldehydes is 1. The molecule has 0 fully saturated rings. The van der Waals surface area contributed by atoms with E-state index in [0.717, 1.165) is 44.8 Å². The van der Waals surface area contributed by atoms with Crippen molar-refractivity contribution in [3.05, 3.63) is 48.6 Å². The second-order valence-corrected chi connectivity index (χ2v) is 5.67. The fourth-order valence-electron chi connectivity index (χ4n) is 2.07. The standard InChI is InChI=1S/C22H36O3/c1-3-5-7-9-11-13-15-20-24-22(18-17-19-23)25-21-16-14-12-10-8-6-4-2/h5-8,11-14,19,22H,3-4,9-10,15-18,20-21H2,1-2H3/b7-5+,8-6+,13-11+,14-12+. The van der Waals surface area contributed by atoms with Gasteiger partial charge in [-0.3, -0.25) is 0 Å². The number of rotatable bonds is 17. The Morgan fingerprint density at radius 2 is 1.16 bits per heavy atom. The average Bonchev–Trinajstić information content (AvgIpc) is 2.63. The largest absolute Gasteiger partial charge is 0.352 e. The highest BCUT2D eigenvalue weighted by Gasteiger charge is 2.07. The molecule has 0 saturated heterocycles. The summed E-state index contributed by atoms with van der Waals surface area (Å²) in [6, 6.07) is 0. The predicted octanol–water partition coefficient (Wildman–Crippen LogP) is 5.93.